The quantitative estimate of drug-likeness (QED) is 0.135. The number of aldehydes is 1. The first-order valence-electron chi connectivity index (χ1n) is 8.08. The third-order valence-electron chi connectivity index (χ3n) is 4.28. The minimum Gasteiger partial charge on any atom is -0.298 e. The molecule has 19 heteroatoms. The van der Waals surface area contributed by atoms with Gasteiger partial charge in [-0.3, -0.25) is 4.79 Å². The van der Waals surface area contributed by atoms with Crippen molar-refractivity contribution in [3.05, 3.63) is 12.2 Å². The first-order chi connectivity index (χ1) is 14.6. The van der Waals surface area contributed by atoms with E-state index in [2.05, 4.69) is 6.58 Å². The molecule has 0 aliphatic rings. The molecule has 0 bridgehead atoms. The van der Waals surface area contributed by atoms with Gasteiger partial charge in [0, 0.05) is 6.42 Å². The Morgan fingerprint density at radius 3 is 1.26 bits per heavy atom. The van der Waals surface area contributed by atoms with Gasteiger partial charge in [0.25, 0.3) is 0 Å². The minimum atomic E-state index is -8.74. The van der Waals surface area contributed by atoms with Gasteiger partial charge in [0.2, 0.25) is 0 Å². The molecule has 0 heterocycles. The molecular formula is C15H10F18O. The molecule has 0 aromatic rings. The van der Waals surface area contributed by atoms with E-state index in [1.807, 2.05) is 0 Å². The van der Waals surface area contributed by atoms with Crippen LogP contribution in [0.5, 0.6) is 0 Å². The van der Waals surface area contributed by atoms with Crippen molar-refractivity contribution in [2.45, 2.75) is 73.1 Å². The van der Waals surface area contributed by atoms with Crippen molar-refractivity contribution in [3.8, 4) is 0 Å². The Bertz CT molecular complexity index is 752. The summed E-state index contributed by atoms with van der Waals surface area (Å²) in [6, 6.07) is 0. The molecule has 0 aliphatic heterocycles. The van der Waals surface area contributed by atoms with Crippen LogP contribution in [0.2, 0.25) is 0 Å². The largest absolute Gasteiger partial charge is 0.385 e. The number of halogens is 18. The Labute approximate surface area is 176 Å². The number of rotatable bonds is 13. The molecule has 0 rings (SSSR count). The first kappa shape index (κ1) is 32.1. The summed E-state index contributed by atoms with van der Waals surface area (Å²) >= 11 is 0. The maximum absolute atomic E-state index is 13.6. The van der Waals surface area contributed by atoms with Gasteiger partial charge in [-0.05, 0) is 18.4 Å². The fraction of sp³-hybridized carbons (Fsp3) is 0.800. The summed E-state index contributed by atoms with van der Waals surface area (Å²) < 4.78 is 237. The molecule has 0 saturated heterocycles. The summed E-state index contributed by atoms with van der Waals surface area (Å²) in [5.41, 5.74) is -0.635. The van der Waals surface area contributed by atoms with Gasteiger partial charge in [0.1, 0.15) is 6.29 Å². The van der Waals surface area contributed by atoms with Gasteiger partial charge in [-0.1, -0.05) is 6.58 Å². The van der Waals surface area contributed by atoms with Crippen LogP contribution in [0, 0.1) is 0 Å². The zero-order chi connectivity index (χ0) is 28.0. The van der Waals surface area contributed by atoms with Crippen LogP contribution in [0.3, 0.4) is 0 Å². The highest BCUT2D eigenvalue weighted by Gasteiger charge is 2.95. The zero-order valence-electron chi connectivity index (χ0n) is 15.7. The summed E-state index contributed by atoms with van der Waals surface area (Å²) in [5, 5.41) is 0. The Morgan fingerprint density at radius 1 is 0.618 bits per heavy atom. The van der Waals surface area contributed by atoms with Crippen LogP contribution in [-0.2, 0) is 4.79 Å². The van der Waals surface area contributed by atoms with E-state index in [0.29, 0.717) is 0 Å². The van der Waals surface area contributed by atoms with E-state index in [1.165, 1.54) is 0 Å². The second-order valence-electron chi connectivity index (χ2n) is 6.70. The zero-order valence-corrected chi connectivity index (χ0v) is 15.7. The second-order valence-corrected chi connectivity index (χ2v) is 6.70. The van der Waals surface area contributed by atoms with Gasteiger partial charge < -0.3 is 0 Å². The number of alkyl halides is 18. The molecule has 0 unspecified atom stereocenters. The molecule has 0 fully saturated rings. The van der Waals surface area contributed by atoms with Crippen molar-refractivity contribution >= 4 is 6.29 Å². The van der Waals surface area contributed by atoms with Gasteiger partial charge in [0.05, 0.1) is 0 Å². The summed E-state index contributed by atoms with van der Waals surface area (Å²) in [4.78, 5) is 10.2. The van der Waals surface area contributed by atoms with Crippen LogP contribution >= 0.6 is 0 Å². The molecule has 0 saturated carbocycles. The molecule has 0 amide bonds. The highest BCUT2D eigenvalue weighted by atomic mass is 19.4. The van der Waals surface area contributed by atoms with Crippen molar-refractivity contribution in [2.24, 2.45) is 0 Å². The third-order valence-corrected chi connectivity index (χ3v) is 4.28. The predicted molar refractivity (Wildman–Crippen MR) is 74.6 cm³/mol. The lowest BCUT2D eigenvalue weighted by atomic mass is 9.86. The van der Waals surface area contributed by atoms with Crippen LogP contribution in [0.1, 0.15) is 19.3 Å². The lowest BCUT2D eigenvalue weighted by Crippen LogP contribution is -2.75. The van der Waals surface area contributed by atoms with Crippen LogP contribution in [-0.4, -0.2) is 60.1 Å². The molecule has 0 aliphatic carbocycles. The topological polar surface area (TPSA) is 17.1 Å². The van der Waals surface area contributed by atoms with Gasteiger partial charge in [-0.25, -0.2) is 8.78 Å². The molecule has 0 aromatic carbocycles. The van der Waals surface area contributed by atoms with Crippen LogP contribution in [0.15, 0.2) is 12.2 Å². The van der Waals surface area contributed by atoms with Crippen molar-refractivity contribution < 1.29 is 83.8 Å². The maximum Gasteiger partial charge on any atom is 0.385 e. The van der Waals surface area contributed by atoms with Crippen molar-refractivity contribution in [1.82, 2.24) is 0 Å². The predicted octanol–water partition coefficient (Wildman–Crippen LogP) is 7.26. The molecule has 0 aromatic heterocycles. The van der Waals surface area contributed by atoms with Crippen LogP contribution in [0.25, 0.3) is 0 Å². The second kappa shape index (κ2) is 8.98. The molecule has 34 heavy (non-hydrogen) atoms. The molecular weight excluding hydrogens is 538 g/mol. The Kier molecular flexibility index (Phi) is 8.49. The van der Waals surface area contributed by atoms with Crippen LogP contribution in [0.4, 0.5) is 79.0 Å². The lowest BCUT2D eigenvalue weighted by molar-refractivity contribution is -0.457. The lowest BCUT2D eigenvalue weighted by Gasteiger charge is -2.43. The average molecular weight is 548 g/mol. The highest BCUT2D eigenvalue weighted by molar-refractivity contribution is 5.71. The molecule has 0 N–H and O–H groups in total. The normalized spacial score (nSPS) is 15.6. The van der Waals surface area contributed by atoms with Crippen LogP contribution < -0.4 is 0 Å². The Balaban J connectivity index is 6.54. The van der Waals surface area contributed by atoms with E-state index in [0.717, 1.165) is 0 Å². The van der Waals surface area contributed by atoms with E-state index in [1.54, 1.807) is 0 Å². The van der Waals surface area contributed by atoms with E-state index >= 15 is 0 Å². The first-order valence-corrected chi connectivity index (χ1v) is 8.08. The average Bonchev–Trinajstić information content (AvgIpc) is 2.66. The number of hydrogen-bond acceptors (Lipinski definition) is 1. The summed E-state index contributed by atoms with van der Waals surface area (Å²) in [5.74, 6) is -64.5. The summed E-state index contributed by atoms with van der Waals surface area (Å²) in [6.07, 6.45) is -11.2. The Morgan fingerprint density at radius 2 is 0.941 bits per heavy atom. The van der Waals surface area contributed by atoms with E-state index in [9.17, 15) is 83.8 Å². The molecule has 0 spiro atoms. The van der Waals surface area contributed by atoms with Gasteiger partial charge in [-0.15, -0.1) is 0 Å². The SMILES string of the molecule is C=C(C=O)CCCC(F)(F)C(F)(F)C(F)(F)C(F)(F)C(F)(F)C(F)(F)C(F)(F)C(F)(F)C(F)F. The highest BCUT2D eigenvalue weighted by Crippen LogP contribution is 2.64. The standard InChI is InChI=1S/C15H10F18O/c1-6(5-34)3-2-4-8(18,19)10(22,23)12(26,27)14(30,31)15(32,33)13(28,29)11(24,25)9(20,21)7(16)17/h5,7H,1-4H2. The van der Waals surface area contributed by atoms with Crippen molar-refractivity contribution in [3.63, 3.8) is 0 Å². The van der Waals surface area contributed by atoms with E-state index in [-0.39, 0.29) is 6.29 Å². The molecule has 0 radical (unpaired) electrons. The summed E-state index contributed by atoms with van der Waals surface area (Å²) in [6.45, 7) is 2.82. The number of hydrogen-bond donors (Lipinski definition) is 0. The van der Waals surface area contributed by atoms with Gasteiger partial charge >= 0.3 is 53.8 Å². The monoisotopic (exact) mass is 548 g/mol. The fourth-order valence-corrected chi connectivity index (χ4v) is 2.12. The van der Waals surface area contributed by atoms with E-state index in [4.69, 9.17) is 0 Å². The maximum atomic E-state index is 13.6. The third kappa shape index (κ3) is 4.42. The molecule has 0 atom stereocenters. The molecule has 202 valence electrons. The van der Waals surface area contributed by atoms with E-state index < -0.39 is 78.6 Å². The molecule has 1 nitrogen and oxygen atoms in total. The number of allylic oxidation sites excluding steroid dienone is 1. The number of carbonyl (C=O) groups is 1. The smallest absolute Gasteiger partial charge is 0.298 e. The van der Waals surface area contributed by atoms with Gasteiger partial charge in [0.15, 0.2) is 0 Å². The minimum absolute atomic E-state index is 0.156. The number of carbonyl (C=O) groups excluding carboxylic acids is 1. The Hall–Kier alpha value is -1.85. The van der Waals surface area contributed by atoms with Gasteiger partial charge in [-0.2, -0.15) is 70.2 Å². The summed E-state index contributed by atoms with van der Waals surface area (Å²) in [7, 11) is 0. The van der Waals surface area contributed by atoms with Crippen molar-refractivity contribution in [1.29, 1.82) is 0 Å². The van der Waals surface area contributed by atoms with Crippen molar-refractivity contribution in [2.75, 3.05) is 0 Å². The fourth-order valence-electron chi connectivity index (χ4n) is 2.12.